The van der Waals surface area contributed by atoms with Gasteiger partial charge in [-0.25, -0.2) is 14.4 Å². The third-order valence-electron chi connectivity index (χ3n) is 5.83. The highest BCUT2D eigenvalue weighted by Gasteiger charge is 2.42. The van der Waals surface area contributed by atoms with Crippen molar-refractivity contribution in [2.75, 3.05) is 27.4 Å². The monoisotopic (exact) mass is 587 g/mol. The highest BCUT2D eigenvalue weighted by molar-refractivity contribution is 7.52. The van der Waals surface area contributed by atoms with Crippen LogP contribution in [0.4, 0.5) is 4.39 Å². The minimum Gasteiger partial charge on any atom is -0.476 e. The first-order valence-corrected chi connectivity index (χ1v) is 14.3. The Hall–Kier alpha value is -2.87. The molecule has 1 aromatic heterocycles. The Labute approximate surface area is 231 Å². The SMILES string of the molecule is CCOc1nc(=O)n(C2C[C@H](OC(=O)CC)[C@@H](COP(=O)(NC(C)C(OC)OC)Oc3ccccc3)O2)cc1F. The van der Waals surface area contributed by atoms with Gasteiger partial charge in [0.25, 0.3) is 5.88 Å². The summed E-state index contributed by atoms with van der Waals surface area (Å²) in [6.07, 6.45) is -2.76. The molecular formula is C25H35FN3O10P. The zero-order chi connectivity index (χ0) is 29.3. The average Bonchev–Trinajstić information content (AvgIpc) is 3.32. The Morgan fingerprint density at radius 3 is 2.58 bits per heavy atom. The molecule has 3 unspecified atom stereocenters. The number of rotatable bonds is 15. The van der Waals surface area contributed by atoms with Crippen molar-refractivity contribution in [2.45, 2.75) is 64.4 Å². The van der Waals surface area contributed by atoms with Gasteiger partial charge in [-0.15, -0.1) is 0 Å². The van der Waals surface area contributed by atoms with Crippen LogP contribution in [0.15, 0.2) is 41.3 Å². The van der Waals surface area contributed by atoms with Gasteiger partial charge in [0, 0.05) is 27.1 Å². The van der Waals surface area contributed by atoms with Crippen LogP contribution in [0, 0.1) is 5.82 Å². The zero-order valence-corrected chi connectivity index (χ0v) is 23.9. The number of methoxy groups -OCH3 is 2. The van der Waals surface area contributed by atoms with Gasteiger partial charge < -0.3 is 28.2 Å². The van der Waals surface area contributed by atoms with E-state index >= 15 is 0 Å². The van der Waals surface area contributed by atoms with Gasteiger partial charge in [0.05, 0.1) is 25.5 Å². The number of nitrogens with one attached hydrogen (secondary N) is 1. The van der Waals surface area contributed by atoms with Crippen LogP contribution in [0.25, 0.3) is 0 Å². The largest absolute Gasteiger partial charge is 0.476 e. The van der Waals surface area contributed by atoms with Crippen LogP contribution in [0.1, 0.15) is 39.8 Å². The molecule has 1 N–H and O–H groups in total. The predicted octanol–water partition coefficient (Wildman–Crippen LogP) is 3.19. The lowest BCUT2D eigenvalue weighted by atomic mass is 10.2. The van der Waals surface area contributed by atoms with E-state index in [9.17, 15) is 18.5 Å². The number of para-hydroxylation sites is 1. The molecule has 222 valence electrons. The van der Waals surface area contributed by atoms with Crippen LogP contribution >= 0.6 is 7.75 Å². The first kappa shape index (κ1) is 31.7. The van der Waals surface area contributed by atoms with E-state index in [0.29, 0.717) is 0 Å². The fourth-order valence-corrected chi connectivity index (χ4v) is 5.51. The minimum atomic E-state index is -4.11. The standard InChI is InChI=1S/C25H35FN3O10P/c1-6-22(30)38-19-13-21(29-14-18(26)23(35-7-2)27-25(29)31)37-20(19)15-36-40(32,28-16(3)24(33-4)34-5)39-17-11-9-8-10-12-17/h8-12,14,16,19-21,24H,6-7,13,15H2,1-5H3,(H,28,32)/t16?,19-,20+,21?,40?/m0/s1. The maximum absolute atomic E-state index is 14.5. The minimum absolute atomic E-state index is 0.0160. The van der Waals surface area contributed by atoms with Crippen molar-refractivity contribution >= 4 is 13.7 Å². The van der Waals surface area contributed by atoms with Crippen LogP contribution in [0.3, 0.4) is 0 Å². The van der Waals surface area contributed by atoms with Crippen molar-refractivity contribution in [2.24, 2.45) is 0 Å². The summed E-state index contributed by atoms with van der Waals surface area (Å²) in [5.74, 6) is -1.56. The second-order valence-electron chi connectivity index (χ2n) is 8.72. The summed E-state index contributed by atoms with van der Waals surface area (Å²) in [5, 5.41) is 2.78. The van der Waals surface area contributed by atoms with Crippen molar-refractivity contribution in [1.82, 2.24) is 14.6 Å². The Bertz CT molecular complexity index is 1210. The zero-order valence-electron chi connectivity index (χ0n) is 23.0. The molecule has 1 aliphatic rings. The van der Waals surface area contributed by atoms with E-state index < -0.39 is 61.9 Å². The van der Waals surface area contributed by atoms with Gasteiger partial charge in [0.15, 0.2) is 6.29 Å². The van der Waals surface area contributed by atoms with E-state index in [2.05, 4.69) is 10.1 Å². The molecule has 1 fully saturated rings. The highest BCUT2D eigenvalue weighted by atomic mass is 31.2. The predicted molar refractivity (Wildman–Crippen MR) is 139 cm³/mol. The van der Waals surface area contributed by atoms with E-state index in [1.807, 2.05) is 0 Å². The molecule has 2 heterocycles. The second kappa shape index (κ2) is 14.7. The van der Waals surface area contributed by atoms with Gasteiger partial charge in [-0.05, 0) is 26.0 Å². The topological polar surface area (TPSA) is 146 Å². The molecule has 0 aliphatic carbocycles. The number of hydrogen-bond donors (Lipinski definition) is 1. The molecule has 13 nitrogen and oxygen atoms in total. The molecule has 0 radical (unpaired) electrons. The van der Waals surface area contributed by atoms with Crippen molar-refractivity contribution < 1.29 is 46.5 Å². The molecular weight excluding hydrogens is 552 g/mol. The van der Waals surface area contributed by atoms with Gasteiger partial charge in [-0.3, -0.25) is 13.9 Å². The van der Waals surface area contributed by atoms with Crippen LogP contribution < -0.4 is 20.0 Å². The van der Waals surface area contributed by atoms with Crippen molar-refractivity contribution in [3.63, 3.8) is 0 Å². The maximum Gasteiger partial charge on any atom is 0.459 e. The number of esters is 1. The summed E-state index contributed by atoms with van der Waals surface area (Å²) in [4.78, 5) is 28.3. The Morgan fingerprint density at radius 2 is 1.95 bits per heavy atom. The summed E-state index contributed by atoms with van der Waals surface area (Å²) >= 11 is 0. The third-order valence-corrected chi connectivity index (χ3v) is 7.49. The first-order valence-electron chi connectivity index (χ1n) is 12.7. The molecule has 0 amide bonds. The number of carbonyl (C=O) groups is 1. The molecule has 40 heavy (non-hydrogen) atoms. The van der Waals surface area contributed by atoms with Crippen molar-refractivity contribution in [3.05, 3.63) is 52.8 Å². The average molecular weight is 588 g/mol. The lowest BCUT2D eigenvalue weighted by Gasteiger charge is -2.28. The van der Waals surface area contributed by atoms with Gasteiger partial charge in [0.2, 0.25) is 5.82 Å². The lowest BCUT2D eigenvalue weighted by molar-refractivity contribution is -0.152. The normalized spacial score (nSPS) is 21.1. The van der Waals surface area contributed by atoms with Gasteiger partial charge in [0.1, 0.15) is 24.2 Å². The van der Waals surface area contributed by atoms with Crippen LogP contribution in [0.5, 0.6) is 11.6 Å². The summed E-state index contributed by atoms with van der Waals surface area (Å²) in [6.45, 7) is 4.65. The van der Waals surface area contributed by atoms with E-state index in [4.69, 9.17) is 32.7 Å². The lowest BCUT2D eigenvalue weighted by Crippen LogP contribution is -2.40. The first-order chi connectivity index (χ1) is 19.1. The van der Waals surface area contributed by atoms with Gasteiger partial charge in [-0.1, -0.05) is 25.1 Å². The Morgan fingerprint density at radius 1 is 1.25 bits per heavy atom. The summed E-state index contributed by atoms with van der Waals surface area (Å²) in [5.41, 5.74) is -0.823. The van der Waals surface area contributed by atoms with Crippen LogP contribution in [-0.2, 0) is 32.8 Å². The maximum atomic E-state index is 14.5. The number of ether oxygens (including phenoxy) is 5. The molecule has 1 aliphatic heterocycles. The number of aromatic nitrogens is 2. The molecule has 3 rings (SSSR count). The quantitative estimate of drug-likeness (QED) is 0.186. The molecule has 5 atom stereocenters. The molecule has 1 saturated heterocycles. The Kier molecular flexibility index (Phi) is 11.6. The molecule has 2 aromatic rings. The summed E-state index contributed by atoms with van der Waals surface area (Å²) in [6, 6.07) is 7.71. The van der Waals surface area contributed by atoms with Crippen LogP contribution in [0.2, 0.25) is 0 Å². The van der Waals surface area contributed by atoms with Crippen molar-refractivity contribution in [1.29, 1.82) is 0 Å². The highest BCUT2D eigenvalue weighted by Crippen LogP contribution is 2.46. The van der Waals surface area contributed by atoms with E-state index in [1.54, 1.807) is 51.1 Å². The molecule has 0 spiro atoms. The van der Waals surface area contributed by atoms with E-state index in [0.717, 1.165) is 10.8 Å². The second-order valence-corrected chi connectivity index (χ2v) is 10.4. The molecule has 0 bridgehead atoms. The van der Waals surface area contributed by atoms with Gasteiger partial charge >= 0.3 is 19.4 Å². The Balaban J connectivity index is 1.84. The van der Waals surface area contributed by atoms with E-state index in [-0.39, 0.29) is 31.8 Å². The number of hydrogen-bond acceptors (Lipinski definition) is 11. The molecule has 15 heteroatoms. The fourth-order valence-electron chi connectivity index (χ4n) is 3.97. The summed E-state index contributed by atoms with van der Waals surface area (Å²) in [7, 11) is -1.26. The summed E-state index contributed by atoms with van der Waals surface area (Å²) < 4.78 is 67.7. The smallest absolute Gasteiger partial charge is 0.459 e. The van der Waals surface area contributed by atoms with E-state index in [1.165, 1.54) is 14.2 Å². The number of nitrogens with zero attached hydrogens (tertiary/aromatic N) is 2. The third kappa shape index (κ3) is 8.32. The van der Waals surface area contributed by atoms with Crippen LogP contribution in [-0.4, -0.2) is 67.5 Å². The number of benzene rings is 1. The van der Waals surface area contributed by atoms with Gasteiger partial charge in [-0.2, -0.15) is 9.37 Å². The number of halogens is 1. The molecule has 0 saturated carbocycles. The van der Waals surface area contributed by atoms with Crippen molar-refractivity contribution in [3.8, 4) is 11.6 Å². The molecule has 1 aromatic carbocycles. The number of carbonyl (C=O) groups excluding carboxylic acids is 1. The fraction of sp³-hybridized carbons (Fsp3) is 0.560.